The SMILES string of the molecule is [2H]C([2H])([2H])B1OB(C([2H])([2H])[2H])OB(C([2H])([2H])[2H])O1. The van der Waals surface area contributed by atoms with Crippen LogP contribution >= 0.6 is 0 Å². The molecule has 1 saturated heterocycles. The lowest BCUT2D eigenvalue weighted by Gasteiger charge is -2.25. The van der Waals surface area contributed by atoms with Crippen LogP contribution in [0.5, 0.6) is 0 Å². The van der Waals surface area contributed by atoms with Gasteiger partial charge >= 0.3 is 21.4 Å². The summed E-state index contributed by atoms with van der Waals surface area (Å²) in [5, 5.41) is 0. The molecule has 6 heteroatoms. The molecule has 1 aliphatic rings. The molecule has 0 N–H and O–H groups in total. The molecule has 0 aromatic carbocycles. The summed E-state index contributed by atoms with van der Waals surface area (Å²) in [5.74, 6) is 0. The third-order valence-corrected chi connectivity index (χ3v) is 0.742. The van der Waals surface area contributed by atoms with Gasteiger partial charge in [0.1, 0.15) is 0 Å². The maximum atomic E-state index is 7.08. The van der Waals surface area contributed by atoms with E-state index in [0.717, 1.165) is 0 Å². The van der Waals surface area contributed by atoms with Gasteiger partial charge in [-0.15, -0.1) is 0 Å². The van der Waals surface area contributed by atoms with Gasteiger partial charge in [0.05, 0.1) is 0 Å². The predicted molar refractivity (Wildman–Crippen MR) is 38.1 cm³/mol. The van der Waals surface area contributed by atoms with E-state index in [2.05, 4.69) is 13.7 Å². The van der Waals surface area contributed by atoms with Crippen molar-refractivity contribution in [3.8, 4) is 0 Å². The van der Waals surface area contributed by atoms with Crippen LogP contribution in [-0.2, 0) is 13.7 Å². The van der Waals surface area contributed by atoms with Crippen molar-refractivity contribution in [2.24, 2.45) is 0 Å². The molecular formula is C3H9B3O3. The van der Waals surface area contributed by atoms with E-state index in [0.29, 0.717) is 0 Å². The fraction of sp³-hybridized carbons (Fsp3) is 1.00. The van der Waals surface area contributed by atoms with E-state index in [1.807, 2.05) is 0 Å². The average Bonchev–Trinajstić information content (AvgIpc) is 2.13. The first-order valence-corrected chi connectivity index (χ1v) is 2.28. The maximum Gasteiger partial charge on any atom is 0.426 e. The third kappa shape index (κ3) is 2.04. The second kappa shape index (κ2) is 2.77. The van der Waals surface area contributed by atoms with Crippen molar-refractivity contribution in [1.29, 1.82) is 0 Å². The predicted octanol–water partition coefficient (Wildman–Crippen LogP) is 0.404. The van der Waals surface area contributed by atoms with Gasteiger partial charge in [0, 0.05) is 12.3 Å². The van der Waals surface area contributed by atoms with Crippen molar-refractivity contribution in [3.05, 3.63) is 0 Å². The van der Waals surface area contributed by atoms with Crippen molar-refractivity contribution in [2.75, 3.05) is 0 Å². The van der Waals surface area contributed by atoms with Gasteiger partial charge in [0.15, 0.2) is 0 Å². The molecule has 9 heavy (non-hydrogen) atoms. The minimum absolute atomic E-state index is 1.96. The summed E-state index contributed by atoms with van der Waals surface area (Å²) in [6.07, 6.45) is 0. The van der Waals surface area contributed by atoms with E-state index in [-0.39, 0.29) is 0 Å². The van der Waals surface area contributed by atoms with Crippen LogP contribution in [0.1, 0.15) is 12.3 Å². The van der Waals surface area contributed by atoms with Crippen LogP contribution in [0.4, 0.5) is 0 Å². The highest BCUT2D eigenvalue weighted by Gasteiger charge is 2.31. The molecule has 48 valence electrons. The highest BCUT2D eigenvalue weighted by molar-refractivity contribution is 6.72. The maximum absolute atomic E-state index is 7.08. The molecule has 0 radical (unpaired) electrons. The summed E-state index contributed by atoms with van der Waals surface area (Å²) in [4.78, 5) is 0. The molecule has 0 bridgehead atoms. The molecule has 1 aliphatic heterocycles. The largest absolute Gasteiger partial charge is 0.453 e. The van der Waals surface area contributed by atoms with Crippen molar-refractivity contribution < 1.29 is 26.1 Å². The van der Waals surface area contributed by atoms with Crippen LogP contribution in [0.3, 0.4) is 0 Å². The Balaban J connectivity index is 2.93. The minimum Gasteiger partial charge on any atom is -0.453 e. The van der Waals surface area contributed by atoms with Gasteiger partial charge in [-0.1, -0.05) is 0 Å². The second-order valence-electron chi connectivity index (χ2n) is 1.40. The van der Waals surface area contributed by atoms with Crippen molar-refractivity contribution in [2.45, 2.75) is 20.3 Å². The van der Waals surface area contributed by atoms with Gasteiger partial charge < -0.3 is 13.7 Å². The van der Waals surface area contributed by atoms with E-state index >= 15 is 0 Å². The molecular weight excluding hydrogens is 116 g/mol. The van der Waals surface area contributed by atoms with Crippen LogP contribution in [0.2, 0.25) is 20.3 Å². The molecule has 0 atom stereocenters. The molecule has 1 rings (SSSR count). The zero-order valence-electron chi connectivity index (χ0n) is 13.5. The summed E-state index contributed by atoms with van der Waals surface area (Å²) in [6.45, 7) is -8.43. The van der Waals surface area contributed by atoms with Crippen molar-refractivity contribution in [1.82, 2.24) is 0 Å². The summed E-state index contributed by atoms with van der Waals surface area (Å²) in [5.41, 5.74) is 0. The minimum atomic E-state index is -2.81. The Morgan fingerprint density at radius 3 is 1.44 bits per heavy atom. The molecule has 3 nitrogen and oxygen atoms in total. The lowest BCUT2D eigenvalue weighted by molar-refractivity contribution is 0.294. The summed E-state index contributed by atoms with van der Waals surface area (Å²) in [7, 11) is -5.87. The van der Waals surface area contributed by atoms with Crippen LogP contribution in [-0.4, -0.2) is 21.4 Å². The van der Waals surface area contributed by atoms with Gasteiger partial charge in [-0.2, -0.15) is 0 Å². The molecule has 1 fully saturated rings. The Kier molecular flexibility index (Phi) is 0.558. The smallest absolute Gasteiger partial charge is 0.426 e. The summed E-state index contributed by atoms with van der Waals surface area (Å²) in [6, 6.07) is 0. The van der Waals surface area contributed by atoms with Crippen molar-refractivity contribution >= 4 is 21.4 Å². The normalized spacial score (nSPS) is 40.0. The number of hydrogen-bond donors (Lipinski definition) is 0. The van der Waals surface area contributed by atoms with Gasteiger partial charge in [0.25, 0.3) is 0 Å². The Labute approximate surface area is 69.1 Å². The Hall–Kier alpha value is 0.0748. The van der Waals surface area contributed by atoms with Crippen molar-refractivity contribution in [3.63, 3.8) is 0 Å². The topological polar surface area (TPSA) is 27.7 Å². The van der Waals surface area contributed by atoms with E-state index in [1.54, 1.807) is 0 Å². The fourth-order valence-electron chi connectivity index (χ4n) is 0.433. The molecule has 0 aromatic heterocycles. The first-order chi connectivity index (χ1) is 7.82. The van der Waals surface area contributed by atoms with Gasteiger partial charge in [-0.05, 0) is 20.3 Å². The Morgan fingerprint density at radius 1 is 0.889 bits per heavy atom. The highest BCUT2D eigenvalue weighted by Crippen LogP contribution is 2.06. The zero-order valence-corrected chi connectivity index (χ0v) is 4.46. The van der Waals surface area contributed by atoms with Gasteiger partial charge in [-0.25, -0.2) is 0 Å². The lowest BCUT2D eigenvalue weighted by atomic mass is 9.74. The number of hydrogen-bond acceptors (Lipinski definition) is 3. The first-order valence-electron chi connectivity index (χ1n) is 6.78. The number of rotatable bonds is 0. The lowest BCUT2D eigenvalue weighted by Crippen LogP contribution is -2.44. The monoisotopic (exact) mass is 135 g/mol. The molecule has 0 aromatic rings. The molecule has 0 aliphatic carbocycles. The third-order valence-electron chi connectivity index (χ3n) is 0.742. The van der Waals surface area contributed by atoms with E-state index in [9.17, 15) is 0 Å². The van der Waals surface area contributed by atoms with Gasteiger partial charge in [0.2, 0.25) is 0 Å². The second-order valence-corrected chi connectivity index (χ2v) is 1.40. The van der Waals surface area contributed by atoms with E-state index < -0.39 is 41.6 Å². The van der Waals surface area contributed by atoms with E-state index in [4.69, 9.17) is 12.3 Å². The van der Waals surface area contributed by atoms with Gasteiger partial charge in [-0.3, -0.25) is 0 Å². The fourth-order valence-corrected chi connectivity index (χ4v) is 0.433. The highest BCUT2D eigenvalue weighted by atomic mass is 16.7. The molecule has 0 spiro atoms. The summed E-state index contributed by atoms with van der Waals surface area (Å²) >= 11 is 0. The molecule has 1 heterocycles. The first kappa shape index (κ1) is 1.81. The van der Waals surface area contributed by atoms with Crippen LogP contribution in [0, 0.1) is 0 Å². The molecule has 0 saturated carbocycles. The average molecular weight is 135 g/mol. The van der Waals surface area contributed by atoms with Crippen LogP contribution in [0.15, 0.2) is 0 Å². The van der Waals surface area contributed by atoms with E-state index in [1.165, 1.54) is 0 Å². The quantitative estimate of drug-likeness (QED) is 0.449. The van der Waals surface area contributed by atoms with Crippen LogP contribution < -0.4 is 0 Å². The molecule has 0 unspecified atom stereocenters. The standard InChI is InChI=1S/C3H9B3O3/c1-4-7-5(2)9-6(3)8-4/h1-3H3/i1D3,2D3,3D3. The molecule has 0 amide bonds. The summed E-state index contributed by atoms with van der Waals surface area (Å²) < 4.78 is 77.5. The Morgan fingerprint density at radius 2 is 1.22 bits per heavy atom. The zero-order chi connectivity index (χ0) is 14.4. The van der Waals surface area contributed by atoms with Crippen LogP contribution in [0.25, 0.3) is 0 Å². The Bertz CT molecular complexity index is 245.